The van der Waals surface area contributed by atoms with E-state index >= 15 is 0 Å². The van der Waals surface area contributed by atoms with Crippen molar-refractivity contribution in [2.24, 2.45) is 0 Å². The van der Waals surface area contributed by atoms with Crippen LogP contribution in [0.2, 0.25) is 0 Å². The molecule has 59 valence electrons. The molecule has 1 aliphatic carbocycles. The first-order valence-electron chi connectivity index (χ1n) is 4.32. The van der Waals surface area contributed by atoms with Crippen molar-refractivity contribution < 1.29 is 0 Å². The van der Waals surface area contributed by atoms with Gasteiger partial charge in [-0.2, -0.15) is 0 Å². The topological polar surface area (TPSA) is 0 Å². The number of rotatable bonds is 0. The van der Waals surface area contributed by atoms with E-state index in [2.05, 4.69) is 36.8 Å². The lowest BCUT2D eigenvalue weighted by Crippen LogP contribution is -1.74. The van der Waals surface area contributed by atoms with E-state index in [0.29, 0.717) is 0 Å². The molecule has 0 bridgehead atoms. The van der Waals surface area contributed by atoms with Gasteiger partial charge in [-0.15, -0.1) is 0 Å². The summed E-state index contributed by atoms with van der Waals surface area (Å²) in [7, 11) is 0. The smallest absolute Gasteiger partial charge is 0.0521 e. The lowest BCUT2D eigenvalue weighted by molar-refractivity contribution is 1.53. The van der Waals surface area contributed by atoms with E-state index in [4.69, 9.17) is 0 Å². The molecule has 0 amide bonds. The molecule has 0 saturated carbocycles. The fraction of sp³-hybridized carbons (Fsp3) is 0. The summed E-state index contributed by atoms with van der Waals surface area (Å²) in [4.78, 5) is 0. The minimum absolute atomic E-state index is 1.09. The zero-order chi connectivity index (χ0) is 8.67. The van der Waals surface area contributed by atoms with Crippen LogP contribution in [0.4, 0.5) is 0 Å². The summed E-state index contributed by atoms with van der Waals surface area (Å²) in [5, 5.41) is 0. The second kappa shape index (κ2) is 2.46. The lowest BCUT2D eigenvalue weighted by Gasteiger charge is -1.97. The minimum Gasteiger partial charge on any atom is -0.0619 e. The van der Waals surface area contributed by atoms with Gasteiger partial charge >= 0.3 is 0 Å². The van der Waals surface area contributed by atoms with Gasteiger partial charge in [0.05, 0.1) is 6.42 Å². The van der Waals surface area contributed by atoms with E-state index in [0.717, 1.165) is 5.56 Å². The number of benzene rings is 2. The highest BCUT2D eigenvalue weighted by Crippen LogP contribution is 2.36. The van der Waals surface area contributed by atoms with Crippen molar-refractivity contribution >= 4 is 0 Å². The molecule has 3 rings (SSSR count). The molecular formula is C13H7. The van der Waals surface area contributed by atoms with Gasteiger partial charge in [0.1, 0.15) is 0 Å². The molecule has 0 aliphatic heterocycles. The summed E-state index contributed by atoms with van der Waals surface area (Å²) < 4.78 is 0. The molecule has 0 nitrogen and oxygen atoms in total. The van der Waals surface area contributed by atoms with Crippen LogP contribution in [0.15, 0.2) is 42.5 Å². The Labute approximate surface area is 77.8 Å². The van der Waals surface area contributed by atoms with Crippen LogP contribution < -0.4 is 0 Å². The second-order valence-corrected chi connectivity index (χ2v) is 3.13. The summed E-state index contributed by atoms with van der Waals surface area (Å²) in [6.45, 7) is 0. The third-order valence-corrected chi connectivity index (χ3v) is 2.33. The Balaban J connectivity index is 2.32. The highest BCUT2D eigenvalue weighted by atomic mass is 14.2. The third kappa shape index (κ3) is 0.919. The SMILES string of the molecule is [C]1c2[c]cccc2-c2ccccc21. The number of fused-ring (bicyclic) bond motifs is 3. The molecule has 0 heteroatoms. The summed E-state index contributed by atoms with van der Waals surface area (Å²) in [6, 6.07) is 17.6. The van der Waals surface area contributed by atoms with Crippen LogP contribution in [0.3, 0.4) is 0 Å². The maximum atomic E-state index is 3.32. The van der Waals surface area contributed by atoms with Gasteiger partial charge in [0.15, 0.2) is 0 Å². The summed E-state index contributed by atoms with van der Waals surface area (Å²) in [5.74, 6) is 0. The van der Waals surface area contributed by atoms with Gasteiger partial charge in [-0.1, -0.05) is 42.5 Å². The van der Waals surface area contributed by atoms with Gasteiger partial charge in [0.25, 0.3) is 0 Å². The van der Waals surface area contributed by atoms with E-state index < -0.39 is 0 Å². The average Bonchev–Trinajstić information content (AvgIpc) is 2.56. The Morgan fingerprint density at radius 2 is 1.69 bits per heavy atom. The van der Waals surface area contributed by atoms with E-state index in [-0.39, 0.29) is 0 Å². The maximum absolute atomic E-state index is 3.32. The minimum atomic E-state index is 1.09. The van der Waals surface area contributed by atoms with Crippen molar-refractivity contribution in [3.8, 4) is 11.1 Å². The van der Waals surface area contributed by atoms with Crippen LogP contribution >= 0.6 is 0 Å². The molecule has 0 spiro atoms. The van der Waals surface area contributed by atoms with Gasteiger partial charge < -0.3 is 0 Å². The number of hydrogen-bond donors (Lipinski definition) is 0. The second-order valence-electron chi connectivity index (χ2n) is 3.13. The quantitative estimate of drug-likeness (QED) is 0.478. The molecule has 1 aliphatic rings. The van der Waals surface area contributed by atoms with E-state index in [1.54, 1.807) is 0 Å². The van der Waals surface area contributed by atoms with Crippen molar-refractivity contribution in [1.29, 1.82) is 0 Å². The van der Waals surface area contributed by atoms with Gasteiger partial charge in [0.2, 0.25) is 0 Å². The zero-order valence-corrected chi connectivity index (χ0v) is 7.04. The molecule has 2 aromatic rings. The first-order chi connectivity index (χ1) is 6.45. The number of hydrogen-bond acceptors (Lipinski definition) is 0. The molecule has 13 heavy (non-hydrogen) atoms. The first-order valence-corrected chi connectivity index (χ1v) is 4.32. The normalized spacial score (nSPS) is 12.3. The molecule has 0 unspecified atom stereocenters. The Bertz CT molecular complexity index is 412. The van der Waals surface area contributed by atoms with Crippen molar-refractivity contribution in [3.05, 3.63) is 66.1 Å². The summed E-state index contributed by atoms with van der Waals surface area (Å²) in [5.41, 5.74) is 4.79. The van der Waals surface area contributed by atoms with Crippen LogP contribution in [0.5, 0.6) is 0 Å². The van der Waals surface area contributed by atoms with Crippen LogP contribution in [0.1, 0.15) is 11.1 Å². The zero-order valence-electron chi connectivity index (χ0n) is 7.04. The third-order valence-electron chi connectivity index (χ3n) is 2.33. The molecule has 0 aromatic heterocycles. The van der Waals surface area contributed by atoms with Crippen LogP contribution in [0, 0.1) is 12.5 Å². The molecule has 2 aromatic carbocycles. The largest absolute Gasteiger partial charge is 0.0619 e. The van der Waals surface area contributed by atoms with Gasteiger partial charge in [0, 0.05) is 0 Å². The van der Waals surface area contributed by atoms with Gasteiger partial charge in [-0.05, 0) is 28.3 Å². The van der Waals surface area contributed by atoms with Crippen LogP contribution in [-0.4, -0.2) is 0 Å². The summed E-state index contributed by atoms with van der Waals surface area (Å²) in [6.07, 6.45) is 3.32. The molecule has 3 radical (unpaired) electrons. The Kier molecular flexibility index (Phi) is 1.31. The van der Waals surface area contributed by atoms with E-state index in [1.807, 2.05) is 18.2 Å². The standard InChI is InChI=1S/C13H7/c1-3-7-12-10(5-1)9-11-6-2-4-8-13(11)12/h1-5,7-8H. The predicted molar refractivity (Wildman–Crippen MR) is 52.2 cm³/mol. The van der Waals surface area contributed by atoms with E-state index in [9.17, 15) is 0 Å². The van der Waals surface area contributed by atoms with Gasteiger partial charge in [-0.25, -0.2) is 0 Å². The monoisotopic (exact) mass is 163 g/mol. The molecular weight excluding hydrogens is 156 g/mol. The average molecular weight is 163 g/mol. The van der Waals surface area contributed by atoms with Crippen molar-refractivity contribution in [1.82, 2.24) is 0 Å². The highest BCUT2D eigenvalue weighted by Gasteiger charge is 2.17. The van der Waals surface area contributed by atoms with Gasteiger partial charge in [-0.3, -0.25) is 0 Å². The molecule has 0 atom stereocenters. The van der Waals surface area contributed by atoms with Crippen molar-refractivity contribution in [2.45, 2.75) is 0 Å². The molecule has 0 N–H and O–H groups in total. The van der Waals surface area contributed by atoms with Crippen molar-refractivity contribution in [2.75, 3.05) is 0 Å². The molecule has 0 fully saturated rings. The van der Waals surface area contributed by atoms with Crippen molar-refractivity contribution in [3.63, 3.8) is 0 Å². The van der Waals surface area contributed by atoms with Crippen LogP contribution in [-0.2, 0) is 0 Å². The Morgan fingerprint density at radius 1 is 0.846 bits per heavy atom. The fourth-order valence-corrected chi connectivity index (χ4v) is 1.73. The lowest BCUT2D eigenvalue weighted by atomic mass is 10.1. The fourth-order valence-electron chi connectivity index (χ4n) is 1.73. The molecule has 0 heterocycles. The summed E-state index contributed by atoms with van der Waals surface area (Å²) >= 11 is 0. The van der Waals surface area contributed by atoms with Crippen LogP contribution in [0.25, 0.3) is 11.1 Å². The first kappa shape index (κ1) is 6.90. The van der Waals surface area contributed by atoms with E-state index in [1.165, 1.54) is 16.7 Å². The predicted octanol–water partition coefficient (Wildman–Crippen LogP) is 2.94. The molecule has 0 saturated heterocycles. The Hall–Kier alpha value is -1.56. The maximum Gasteiger partial charge on any atom is 0.0521 e. The highest BCUT2D eigenvalue weighted by molar-refractivity contribution is 5.80. The Morgan fingerprint density at radius 3 is 2.69 bits per heavy atom.